The highest BCUT2D eigenvalue weighted by molar-refractivity contribution is 7.89. The molecule has 8 heteroatoms. The van der Waals surface area contributed by atoms with Crippen LogP contribution in [-0.4, -0.2) is 47.6 Å². The van der Waals surface area contributed by atoms with Gasteiger partial charge in [-0.3, -0.25) is 0 Å². The Morgan fingerprint density at radius 3 is 2.43 bits per heavy atom. The highest BCUT2D eigenvalue weighted by Crippen LogP contribution is 2.34. The molecule has 0 spiro atoms. The fourth-order valence-corrected chi connectivity index (χ4v) is 3.73. The number of halogens is 1. The number of hydrogen-bond donors (Lipinski definition) is 2. The average molecular weight is 317 g/mol. The molecule has 1 aromatic carbocycles. The number of carboxylic acid groups (broad SMARTS) is 1. The molecule has 1 aliphatic heterocycles. The summed E-state index contributed by atoms with van der Waals surface area (Å²) in [7, 11) is -4.16. The molecule has 116 valence electrons. The van der Waals surface area contributed by atoms with Crippen molar-refractivity contribution in [3.8, 4) is 0 Å². The highest BCUT2D eigenvalue weighted by atomic mass is 32.2. The number of aliphatic hydroxyl groups is 1. The summed E-state index contributed by atoms with van der Waals surface area (Å²) < 4.78 is 39.3. The quantitative estimate of drug-likeness (QED) is 0.861. The first-order valence-electron chi connectivity index (χ1n) is 6.33. The van der Waals surface area contributed by atoms with Crippen LogP contribution in [0.1, 0.15) is 24.2 Å². The van der Waals surface area contributed by atoms with Crippen molar-refractivity contribution in [2.24, 2.45) is 5.92 Å². The van der Waals surface area contributed by atoms with E-state index in [-0.39, 0.29) is 24.6 Å². The first kappa shape index (κ1) is 15.9. The Labute approximate surface area is 121 Å². The van der Waals surface area contributed by atoms with Crippen LogP contribution in [0.5, 0.6) is 0 Å². The largest absolute Gasteiger partial charge is 0.478 e. The van der Waals surface area contributed by atoms with E-state index >= 15 is 0 Å². The van der Waals surface area contributed by atoms with E-state index in [1.807, 2.05) is 0 Å². The maximum Gasteiger partial charge on any atom is 0.335 e. The summed E-state index contributed by atoms with van der Waals surface area (Å²) in [4.78, 5) is 10.2. The molecule has 0 amide bonds. The van der Waals surface area contributed by atoms with Crippen LogP contribution in [0.25, 0.3) is 0 Å². The van der Waals surface area contributed by atoms with E-state index < -0.39 is 32.3 Å². The zero-order valence-electron chi connectivity index (χ0n) is 11.6. The van der Waals surface area contributed by atoms with E-state index in [1.54, 1.807) is 13.8 Å². The summed E-state index contributed by atoms with van der Waals surface area (Å²) in [6.07, 6.45) is 0. The standard InChI is InChI=1S/C13H16FNO5S/c1-8(2)13(18)6-15(7-13)21(19,20)11-5-9(12(16)17)3-4-10(11)14/h3-5,8,18H,6-7H2,1-2H3,(H,16,17). The van der Waals surface area contributed by atoms with Crippen LogP contribution >= 0.6 is 0 Å². The molecule has 1 saturated heterocycles. The van der Waals surface area contributed by atoms with Crippen molar-refractivity contribution in [1.82, 2.24) is 4.31 Å². The van der Waals surface area contributed by atoms with Crippen LogP contribution in [-0.2, 0) is 10.0 Å². The molecule has 0 aliphatic carbocycles. The molecule has 0 bridgehead atoms. The van der Waals surface area contributed by atoms with Crippen molar-refractivity contribution < 1.29 is 27.8 Å². The Bertz CT molecular complexity index is 680. The lowest BCUT2D eigenvalue weighted by molar-refractivity contribution is -0.0933. The molecular weight excluding hydrogens is 301 g/mol. The molecule has 0 radical (unpaired) electrons. The second-order valence-corrected chi connectivity index (χ2v) is 7.39. The van der Waals surface area contributed by atoms with Gasteiger partial charge < -0.3 is 10.2 Å². The molecule has 2 N–H and O–H groups in total. The van der Waals surface area contributed by atoms with E-state index in [1.165, 1.54) is 0 Å². The summed E-state index contributed by atoms with van der Waals surface area (Å²) in [5, 5.41) is 18.9. The lowest BCUT2D eigenvalue weighted by Gasteiger charge is -2.47. The Hall–Kier alpha value is -1.51. The number of benzene rings is 1. The molecule has 1 heterocycles. The van der Waals surface area contributed by atoms with Gasteiger partial charge in [-0.25, -0.2) is 17.6 Å². The van der Waals surface area contributed by atoms with Crippen LogP contribution in [0.15, 0.2) is 23.1 Å². The Balaban J connectivity index is 2.34. The van der Waals surface area contributed by atoms with Gasteiger partial charge in [0.25, 0.3) is 0 Å². The molecule has 0 aromatic heterocycles. The van der Waals surface area contributed by atoms with Gasteiger partial charge in [-0.05, 0) is 24.1 Å². The first-order chi connectivity index (χ1) is 9.58. The first-order valence-corrected chi connectivity index (χ1v) is 7.77. The lowest BCUT2D eigenvalue weighted by Crippen LogP contribution is -2.65. The van der Waals surface area contributed by atoms with Gasteiger partial charge in [-0.1, -0.05) is 13.8 Å². The summed E-state index contributed by atoms with van der Waals surface area (Å²) in [6.45, 7) is 3.25. The fraction of sp³-hybridized carbons (Fsp3) is 0.462. The minimum absolute atomic E-state index is 0.135. The molecule has 0 saturated carbocycles. The van der Waals surface area contributed by atoms with Crippen molar-refractivity contribution in [3.05, 3.63) is 29.6 Å². The summed E-state index contributed by atoms with van der Waals surface area (Å²) in [5.41, 5.74) is -1.44. The van der Waals surface area contributed by atoms with Crippen molar-refractivity contribution in [3.63, 3.8) is 0 Å². The minimum atomic E-state index is -4.16. The second-order valence-electron chi connectivity index (χ2n) is 5.48. The Morgan fingerprint density at radius 1 is 1.38 bits per heavy atom. The van der Waals surface area contributed by atoms with E-state index in [0.29, 0.717) is 0 Å². The number of carbonyl (C=O) groups is 1. The van der Waals surface area contributed by atoms with E-state index in [9.17, 15) is 22.7 Å². The Morgan fingerprint density at radius 2 is 1.95 bits per heavy atom. The van der Waals surface area contributed by atoms with Gasteiger partial charge in [-0.2, -0.15) is 4.31 Å². The fourth-order valence-electron chi connectivity index (χ4n) is 2.07. The third-order valence-electron chi connectivity index (χ3n) is 3.77. The van der Waals surface area contributed by atoms with Crippen LogP contribution in [0.4, 0.5) is 4.39 Å². The smallest absolute Gasteiger partial charge is 0.335 e. The maximum atomic E-state index is 13.7. The molecule has 2 rings (SSSR count). The number of carboxylic acids is 1. The van der Waals surface area contributed by atoms with Gasteiger partial charge in [0.1, 0.15) is 10.7 Å². The van der Waals surface area contributed by atoms with E-state index in [4.69, 9.17) is 5.11 Å². The lowest BCUT2D eigenvalue weighted by atomic mass is 9.85. The molecule has 1 aliphatic rings. The number of β-amino-alcohol motifs (C(OH)–C–C–N with tert-alkyl or cyclic N) is 1. The monoisotopic (exact) mass is 317 g/mol. The van der Waals surface area contributed by atoms with Crippen molar-refractivity contribution >= 4 is 16.0 Å². The predicted molar refractivity (Wildman–Crippen MR) is 71.9 cm³/mol. The summed E-state index contributed by atoms with van der Waals surface area (Å²) >= 11 is 0. The second kappa shape index (κ2) is 5.04. The zero-order valence-corrected chi connectivity index (χ0v) is 12.4. The number of sulfonamides is 1. The van der Waals surface area contributed by atoms with Crippen molar-refractivity contribution in [1.29, 1.82) is 0 Å². The predicted octanol–water partition coefficient (Wildman–Crippen LogP) is 0.915. The van der Waals surface area contributed by atoms with Gasteiger partial charge in [-0.15, -0.1) is 0 Å². The van der Waals surface area contributed by atoms with Gasteiger partial charge in [0, 0.05) is 13.1 Å². The van der Waals surface area contributed by atoms with Crippen molar-refractivity contribution in [2.75, 3.05) is 13.1 Å². The molecular formula is C13H16FNO5S. The van der Waals surface area contributed by atoms with E-state index in [0.717, 1.165) is 22.5 Å². The van der Waals surface area contributed by atoms with Crippen molar-refractivity contribution in [2.45, 2.75) is 24.3 Å². The normalized spacial score (nSPS) is 18.5. The Kier molecular flexibility index (Phi) is 3.81. The molecule has 6 nitrogen and oxygen atoms in total. The third-order valence-corrected chi connectivity index (χ3v) is 5.58. The van der Waals surface area contributed by atoms with E-state index in [2.05, 4.69) is 0 Å². The number of aromatic carboxylic acids is 1. The van der Waals surface area contributed by atoms with Gasteiger partial charge in [0.2, 0.25) is 10.0 Å². The molecule has 21 heavy (non-hydrogen) atoms. The number of nitrogens with zero attached hydrogens (tertiary/aromatic N) is 1. The van der Waals surface area contributed by atoms with Crippen LogP contribution < -0.4 is 0 Å². The third kappa shape index (κ3) is 2.66. The molecule has 0 atom stereocenters. The number of rotatable bonds is 4. The zero-order chi connectivity index (χ0) is 16.0. The maximum absolute atomic E-state index is 13.7. The van der Waals surface area contributed by atoms with Gasteiger partial charge in [0.15, 0.2) is 0 Å². The molecule has 1 fully saturated rings. The topological polar surface area (TPSA) is 94.9 Å². The average Bonchev–Trinajstić information content (AvgIpc) is 2.34. The minimum Gasteiger partial charge on any atom is -0.478 e. The highest BCUT2D eigenvalue weighted by Gasteiger charge is 2.49. The van der Waals surface area contributed by atoms with Crippen LogP contribution in [0.2, 0.25) is 0 Å². The summed E-state index contributed by atoms with van der Waals surface area (Å²) in [6, 6.07) is 2.60. The summed E-state index contributed by atoms with van der Waals surface area (Å²) in [5.74, 6) is -2.49. The molecule has 1 aromatic rings. The SMILES string of the molecule is CC(C)C1(O)CN(S(=O)(=O)c2cc(C(=O)O)ccc2F)C1. The van der Waals surface area contributed by atoms with Crippen LogP contribution in [0.3, 0.4) is 0 Å². The van der Waals surface area contributed by atoms with Gasteiger partial charge >= 0.3 is 5.97 Å². The number of hydrogen-bond acceptors (Lipinski definition) is 4. The van der Waals surface area contributed by atoms with Gasteiger partial charge in [0.05, 0.1) is 11.2 Å². The van der Waals surface area contributed by atoms with Crippen LogP contribution in [0, 0.1) is 11.7 Å². The molecule has 0 unspecified atom stereocenters.